The zero-order valence-corrected chi connectivity index (χ0v) is 20.8. The van der Waals surface area contributed by atoms with Crippen molar-refractivity contribution in [3.63, 3.8) is 0 Å². The summed E-state index contributed by atoms with van der Waals surface area (Å²) < 4.78 is 5.34. The lowest BCUT2D eigenvalue weighted by atomic mass is 9.81. The summed E-state index contributed by atoms with van der Waals surface area (Å²) in [5.74, 6) is -0.402. The minimum atomic E-state index is -0.747. The molecular weight excluding hydrogens is 464 g/mol. The average Bonchev–Trinajstić information content (AvgIpc) is 2.87. The summed E-state index contributed by atoms with van der Waals surface area (Å²) in [5, 5.41) is 22.5. The van der Waals surface area contributed by atoms with Crippen LogP contribution in [0.2, 0.25) is 5.02 Å². The van der Waals surface area contributed by atoms with Gasteiger partial charge in [0.25, 0.3) is 0 Å². The Labute approximate surface area is 211 Å². The van der Waals surface area contributed by atoms with Crippen LogP contribution in [0.4, 0.5) is 0 Å². The van der Waals surface area contributed by atoms with Gasteiger partial charge in [-0.2, -0.15) is 0 Å². The van der Waals surface area contributed by atoms with E-state index in [9.17, 15) is 15.0 Å². The Kier molecular flexibility index (Phi) is 8.60. The van der Waals surface area contributed by atoms with Gasteiger partial charge < -0.3 is 19.8 Å². The van der Waals surface area contributed by atoms with Gasteiger partial charge in [0.05, 0.1) is 24.6 Å². The molecule has 1 aromatic heterocycles. The van der Waals surface area contributed by atoms with Crippen LogP contribution in [-0.4, -0.2) is 52.8 Å². The van der Waals surface area contributed by atoms with Gasteiger partial charge in [-0.3, -0.25) is 9.78 Å². The van der Waals surface area contributed by atoms with E-state index in [0.717, 1.165) is 53.8 Å². The monoisotopic (exact) mass is 496 g/mol. The third-order valence-corrected chi connectivity index (χ3v) is 7.37. The smallest absolute Gasteiger partial charge is 0.308 e. The first kappa shape index (κ1) is 25.4. The molecule has 1 aliphatic rings. The highest BCUT2D eigenvalue weighted by atomic mass is 35.5. The van der Waals surface area contributed by atoms with Crippen molar-refractivity contribution in [2.24, 2.45) is 11.8 Å². The molecule has 0 radical (unpaired) electrons. The molecular formula is C28H33ClN2O4. The topological polar surface area (TPSA) is 82.9 Å². The predicted octanol–water partition coefficient (Wildman–Crippen LogP) is 5.37. The standard InChI is InChI=1S/C28H33ClN2O4/c1-35-22-8-9-26-24(17-22)23(11-13-30-26)27(32)10-7-20-12-15-31(18-25(20)28(33)34)14-3-5-19-4-2-6-21(29)16-19/h2,4,6,8-9,11,13,16-17,20,25,27,32H,3,5,7,10,12,14-15,18H2,1H3,(H,33,34)/t20-,25+,27-/m1/s1. The minimum Gasteiger partial charge on any atom is -0.497 e. The van der Waals surface area contributed by atoms with Crippen molar-refractivity contribution in [3.8, 4) is 5.75 Å². The second-order valence-electron chi connectivity index (χ2n) is 9.40. The third-order valence-electron chi connectivity index (χ3n) is 7.14. The molecule has 6 nitrogen and oxygen atoms in total. The number of aliphatic hydroxyl groups is 1. The van der Waals surface area contributed by atoms with E-state index < -0.39 is 18.0 Å². The number of carbonyl (C=O) groups is 1. The maximum atomic E-state index is 12.1. The van der Waals surface area contributed by atoms with Crippen LogP contribution in [0, 0.1) is 11.8 Å². The van der Waals surface area contributed by atoms with E-state index >= 15 is 0 Å². The van der Waals surface area contributed by atoms with Crippen LogP contribution in [0.3, 0.4) is 0 Å². The van der Waals surface area contributed by atoms with Crippen molar-refractivity contribution < 1.29 is 19.7 Å². The Bertz CT molecular complexity index is 1150. The normalized spacial score (nSPS) is 19.5. The highest BCUT2D eigenvalue weighted by molar-refractivity contribution is 6.30. The number of piperidine rings is 1. The number of halogens is 1. The Hall–Kier alpha value is -2.67. The zero-order chi connectivity index (χ0) is 24.8. The van der Waals surface area contributed by atoms with Crippen LogP contribution < -0.4 is 4.74 Å². The van der Waals surface area contributed by atoms with Gasteiger partial charge in [0.2, 0.25) is 0 Å². The van der Waals surface area contributed by atoms with E-state index in [-0.39, 0.29) is 5.92 Å². The second-order valence-corrected chi connectivity index (χ2v) is 9.84. The molecule has 3 aromatic rings. The molecule has 0 spiro atoms. The first-order valence-corrected chi connectivity index (χ1v) is 12.6. The van der Waals surface area contributed by atoms with E-state index in [1.54, 1.807) is 13.3 Å². The van der Waals surface area contributed by atoms with Crippen molar-refractivity contribution in [3.05, 3.63) is 70.9 Å². The third kappa shape index (κ3) is 6.51. The van der Waals surface area contributed by atoms with Gasteiger partial charge in [-0.05, 0) is 98.6 Å². The lowest BCUT2D eigenvalue weighted by molar-refractivity contribution is -0.146. The van der Waals surface area contributed by atoms with Crippen LogP contribution in [0.1, 0.15) is 42.9 Å². The molecule has 2 heterocycles. The maximum Gasteiger partial charge on any atom is 0.308 e. The highest BCUT2D eigenvalue weighted by Crippen LogP contribution is 2.33. The number of hydrogen-bond acceptors (Lipinski definition) is 5. The number of aliphatic hydroxyl groups excluding tert-OH is 1. The number of fused-ring (bicyclic) bond motifs is 1. The van der Waals surface area contributed by atoms with E-state index in [1.165, 1.54) is 5.56 Å². The zero-order valence-electron chi connectivity index (χ0n) is 20.1. The quantitative estimate of drug-likeness (QED) is 0.393. The van der Waals surface area contributed by atoms with E-state index in [2.05, 4.69) is 16.0 Å². The van der Waals surface area contributed by atoms with Crippen LogP contribution in [-0.2, 0) is 11.2 Å². The number of methoxy groups -OCH3 is 1. The molecule has 1 saturated heterocycles. The van der Waals surface area contributed by atoms with E-state index in [4.69, 9.17) is 16.3 Å². The van der Waals surface area contributed by atoms with Crippen molar-refractivity contribution in [2.45, 2.75) is 38.2 Å². The van der Waals surface area contributed by atoms with Crippen LogP contribution in [0.5, 0.6) is 5.75 Å². The fourth-order valence-corrected chi connectivity index (χ4v) is 5.40. The number of nitrogens with zero attached hydrogens (tertiary/aromatic N) is 2. The summed E-state index contributed by atoms with van der Waals surface area (Å²) >= 11 is 6.07. The van der Waals surface area contributed by atoms with Crippen molar-refractivity contribution in [2.75, 3.05) is 26.7 Å². The van der Waals surface area contributed by atoms with Crippen molar-refractivity contribution in [1.82, 2.24) is 9.88 Å². The fourth-order valence-electron chi connectivity index (χ4n) is 5.19. The molecule has 0 saturated carbocycles. The summed E-state index contributed by atoms with van der Waals surface area (Å²) in [6.07, 6.45) is 4.92. The van der Waals surface area contributed by atoms with Gasteiger partial charge >= 0.3 is 5.97 Å². The number of aromatic nitrogens is 1. The van der Waals surface area contributed by atoms with Gasteiger partial charge in [-0.25, -0.2) is 0 Å². The molecule has 3 atom stereocenters. The number of pyridine rings is 1. The second kappa shape index (κ2) is 11.8. The number of carboxylic acids is 1. The van der Waals surface area contributed by atoms with Gasteiger partial charge in [-0.15, -0.1) is 0 Å². The van der Waals surface area contributed by atoms with Crippen molar-refractivity contribution in [1.29, 1.82) is 0 Å². The molecule has 0 aliphatic carbocycles. The molecule has 4 rings (SSSR count). The van der Waals surface area contributed by atoms with Crippen LogP contribution in [0.25, 0.3) is 10.9 Å². The summed E-state index contributed by atoms with van der Waals surface area (Å²) in [6.45, 7) is 2.31. The lowest BCUT2D eigenvalue weighted by Crippen LogP contribution is -2.44. The average molecular weight is 497 g/mol. The van der Waals surface area contributed by atoms with E-state index in [0.29, 0.717) is 25.1 Å². The predicted molar refractivity (Wildman–Crippen MR) is 138 cm³/mol. The molecule has 0 amide bonds. The number of aliphatic carboxylic acids is 1. The number of rotatable bonds is 10. The number of carboxylic acid groups (broad SMARTS) is 1. The Morgan fingerprint density at radius 3 is 2.89 bits per heavy atom. The SMILES string of the molecule is COc1ccc2nccc([C@H](O)CC[C@@H]3CCN(CCCc4cccc(Cl)c4)C[C@@H]3C(=O)O)c2c1. The number of hydrogen-bond donors (Lipinski definition) is 2. The molecule has 2 aromatic carbocycles. The largest absolute Gasteiger partial charge is 0.497 e. The molecule has 0 unspecified atom stereocenters. The van der Waals surface area contributed by atoms with Crippen molar-refractivity contribution >= 4 is 28.5 Å². The number of benzene rings is 2. The lowest BCUT2D eigenvalue weighted by Gasteiger charge is -2.37. The highest BCUT2D eigenvalue weighted by Gasteiger charge is 2.34. The number of ether oxygens (including phenoxy) is 1. The molecule has 0 bridgehead atoms. The molecule has 186 valence electrons. The van der Waals surface area contributed by atoms with Gasteiger partial charge in [0.1, 0.15) is 5.75 Å². The number of aryl methyl sites for hydroxylation is 1. The minimum absolute atomic E-state index is 0.0500. The molecule has 1 fully saturated rings. The first-order chi connectivity index (χ1) is 16.9. The summed E-state index contributed by atoms with van der Waals surface area (Å²) in [4.78, 5) is 18.7. The van der Waals surface area contributed by atoms with E-state index in [1.807, 2.05) is 42.5 Å². The summed E-state index contributed by atoms with van der Waals surface area (Å²) in [7, 11) is 1.61. The van der Waals surface area contributed by atoms with Gasteiger partial charge in [0, 0.05) is 23.2 Å². The fraction of sp³-hybridized carbons (Fsp3) is 0.429. The molecule has 2 N–H and O–H groups in total. The Morgan fingerprint density at radius 2 is 2.11 bits per heavy atom. The molecule has 7 heteroatoms. The Morgan fingerprint density at radius 1 is 1.26 bits per heavy atom. The van der Waals surface area contributed by atoms with Crippen LogP contribution >= 0.6 is 11.6 Å². The summed E-state index contributed by atoms with van der Waals surface area (Å²) in [6, 6.07) is 15.4. The molecule has 35 heavy (non-hydrogen) atoms. The maximum absolute atomic E-state index is 12.1. The number of likely N-dealkylation sites (tertiary alicyclic amines) is 1. The van der Waals surface area contributed by atoms with Crippen LogP contribution in [0.15, 0.2) is 54.7 Å². The summed E-state index contributed by atoms with van der Waals surface area (Å²) in [5.41, 5.74) is 2.81. The first-order valence-electron chi connectivity index (χ1n) is 12.2. The Balaban J connectivity index is 1.33. The van der Waals surface area contributed by atoms with Gasteiger partial charge in [0.15, 0.2) is 0 Å². The van der Waals surface area contributed by atoms with Gasteiger partial charge in [-0.1, -0.05) is 23.7 Å². The molecule has 1 aliphatic heterocycles.